The van der Waals surface area contributed by atoms with Crippen LogP contribution in [0.4, 0.5) is 0 Å². The average Bonchev–Trinajstić information content (AvgIpc) is 2.37. The lowest BCUT2D eigenvalue weighted by Crippen LogP contribution is -2.59. The van der Waals surface area contributed by atoms with E-state index in [2.05, 4.69) is 10.3 Å². The Morgan fingerprint density at radius 3 is 2.82 bits per heavy atom. The second-order valence-corrected chi connectivity index (χ2v) is 4.49. The Morgan fingerprint density at radius 2 is 2.18 bits per heavy atom. The molecule has 2 aliphatic rings. The van der Waals surface area contributed by atoms with E-state index in [1.165, 1.54) is 6.42 Å². The van der Waals surface area contributed by atoms with Gasteiger partial charge in [0.25, 0.3) is 0 Å². The lowest BCUT2D eigenvalue weighted by molar-refractivity contribution is -0.0446. The van der Waals surface area contributed by atoms with Gasteiger partial charge in [-0.3, -0.25) is 0 Å². The molecule has 1 aromatic rings. The molecular weight excluding hydrogens is 238 g/mol. The molecule has 1 N–H and O–H groups in total. The Hall–Kier alpha value is -1.31. The summed E-state index contributed by atoms with van der Waals surface area (Å²) in [6.45, 7) is 2.11. The maximum absolute atomic E-state index is 8.75. The smallest absolute Gasteiger partial charge is 0.144 e. The second kappa shape index (κ2) is 4.91. The van der Waals surface area contributed by atoms with Gasteiger partial charge < -0.3 is 10.1 Å². The van der Waals surface area contributed by atoms with Crippen molar-refractivity contribution in [3.8, 4) is 11.8 Å². The predicted molar refractivity (Wildman–Crippen MR) is 65.1 cm³/mol. The monoisotopic (exact) mass is 251 g/mol. The molecule has 1 aliphatic heterocycles. The zero-order chi connectivity index (χ0) is 11.0. The molecule has 0 spiro atoms. The predicted octanol–water partition coefficient (Wildman–Crippen LogP) is 1.36. The van der Waals surface area contributed by atoms with Crippen molar-refractivity contribution in [2.75, 3.05) is 13.1 Å². The van der Waals surface area contributed by atoms with E-state index in [-0.39, 0.29) is 12.4 Å². The number of halogens is 1. The average molecular weight is 252 g/mol. The number of pyridine rings is 1. The number of hydrogen-bond donors (Lipinski definition) is 1. The van der Waals surface area contributed by atoms with Crippen LogP contribution in [0.2, 0.25) is 0 Å². The topological polar surface area (TPSA) is 57.9 Å². The molecule has 1 aromatic heterocycles. The molecule has 2 bridgehead atoms. The molecule has 2 heterocycles. The van der Waals surface area contributed by atoms with Gasteiger partial charge in [0.2, 0.25) is 0 Å². The fourth-order valence-electron chi connectivity index (χ4n) is 2.59. The molecule has 4 nitrogen and oxygen atoms in total. The first-order valence-corrected chi connectivity index (χ1v) is 5.60. The van der Waals surface area contributed by atoms with E-state index >= 15 is 0 Å². The van der Waals surface area contributed by atoms with Gasteiger partial charge in [-0.05, 0) is 12.5 Å². The van der Waals surface area contributed by atoms with Crippen molar-refractivity contribution in [1.82, 2.24) is 10.3 Å². The number of ether oxygens (including phenoxy) is 1. The van der Waals surface area contributed by atoms with Gasteiger partial charge in [-0.2, -0.15) is 5.26 Å². The summed E-state index contributed by atoms with van der Waals surface area (Å²) in [5.41, 5.74) is 0.417. The first kappa shape index (κ1) is 12.2. The maximum atomic E-state index is 8.75. The van der Waals surface area contributed by atoms with Crippen LogP contribution < -0.4 is 10.1 Å². The van der Waals surface area contributed by atoms with E-state index in [9.17, 15) is 0 Å². The van der Waals surface area contributed by atoms with Crippen molar-refractivity contribution in [3.63, 3.8) is 0 Å². The second-order valence-electron chi connectivity index (χ2n) is 4.49. The summed E-state index contributed by atoms with van der Waals surface area (Å²) in [5.74, 6) is 2.04. The van der Waals surface area contributed by atoms with Crippen LogP contribution in [-0.2, 0) is 0 Å². The first-order valence-electron chi connectivity index (χ1n) is 5.60. The van der Waals surface area contributed by atoms with Gasteiger partial charge in [0.05, 0.1) is 0 Å². The Morgan fingerprint density at radius 1 is 1.41 bits per heavy atom. The van der Waals surface area contributed by atoms with E-state index in [1.807, 2.05) is 12.1 Å². The molecule has 2 fully saturated rings. The van der Waals surface area contributed by atoms with E-state index in [4.69, 9.17) is 10.00 Å². The number of nitrogens with one attached hydrogen (secondary N) is 1. The molecule has 1 aliphatic carbocycles. The van der Waals surface area contributed by atoms with Crippen molar-refractivity contribution < 1.29 is 4.74 Å². The van der Waals surface area contributed by atoms with Gasteiger partial charge in [-0.25, -0.2) is 4.98 Å². The summed E-state index contributed by atoms with van der Waals surface area (Å²) in [4.78, 5) is 3.93. The van der Waals surface area contributed by atoms with Crippen LogP contribution in [0.15, 0.2) is 18.3 Å². The van der Waals surface area contributed by atoms with Gasteiger partial charge in [0.15, 0.2) is 0 Å². The number of fused-ring (bicyclic) bond motifs is 2. The van der Waals surface area contributed by atoms with Gasteiger partial charge in [0, 0.05) is 37.2 Å². The molecular formula is C12H14ClN3O. The molecule has 1 saturated heterocycles. The zero-order valence-electron chi connectivity index (χ0n) is 9.30. The molecule has 1 saturated carbocycles. The lowest BCUT2D eigenvalue weighted by atomic mass is 9.69. The molecule has 0 radical (unpaired) electrons. The Balaban J connectivity index is 0.00000108. The normalized spacial score (nSPS) is 29.5. The van der Waals surface area contributed by atoms with Crippen molar-refractivity contribution in [3.05, 3.63) is 24.0 Å². The number of rotatable bonds is 2. The molecule has 3 atom stereocenters. The van der Waals surface area contributed by atoms with Gasteiger partial charge in [-0.1, -0.05) is 0 Å². The highest BCUT2D eigenvalue weighted by molar-refractivity contribution is 5.85. The summed E-state index contributed by atoms with van der Waals surface area (Å²) in [5, 5.41) is 12.1. The van der Waals surface area contributed by atoms with Crippen molar-refractivity contribution >= 4 is 12.4 Å². The van der Waals surface area contributed by atoms with Crippen LogP contribution in [0.1, 0.15) is 12.1 Å². The molecule has 17 heavy (non-hydrogen) atoms. The molecule has 5 heteroatoms. The molecule has 90 valence electrons. The quantitative estimate of drug-likeness (QED) is 0.862. The Bertz CT molecular complexity index is 432. The van der Waals surface area contributed by atoms with Crippen LogP contribution in [0.25, 0.3) is 0 Å². The van der Waals surface area contributed by atoms with Crippen LogP contribution in [0, 0.1) is 23.2 Å². The molecule has 1 unspecified atom stereocenters. The van der Waals surface area contributed by atoms with Crippen molar-refractivity contribution in [2.24, 2.45) is 11.8 Å². The van der Waals surface area contributed by atoms with E-state index in [0.717, 1.165) is 18.8 Å². The van der Waals surface area contributed by atoms with E-state index < -0.39 is 0 Å². The molecule has 3 rings (SSSR count). The third-order valence-electron chi connectivity index (χ3n) is 3.47. The van der Waals surface area contributed by atoms with E-state index in [0.29, 0.717) is 23.6 Å². The Labute approximate surface area is 106 Å². The van der Waals surface area contributed by atoms with Gasteiger partial charge in [0.1, 0.15) is 23.6 Å². The fraction of sp³-hybridized carbons (Fsp3) is 0.500. The minimum Gasteiger partial charge on any atom is -0.490 e. The first-order chi connectivity index (χ1) is 7.86. The number of nitriles is 1. The van der Waals surface area contributed by atoms with Gasteiger partial charge >= 0.3 is 0 Å². The summed E-state index contributed by atoms with van der Waals surface area (Å²) in [6, 6.07) is 5.56. The Kier molecular flexibility index (Phi) is 3.51. The number of piperidine rings is 2. The standard InChI is InChI=1S/C12H13N3O.ClH/c13-5-10-4-11(1-2-15-10)16-12-8-3-9(12)7-14-6-8;/h1-2,4,8-9,12,14H,3,6-7H2;1H/t8-,9+,12?;. The van der Waals surface area contributed by atoms with Crippen molar-refractivity contribution in [1.29, 1.82) is 5.26 Å². The van der Waals surface area contributed by atoms with Crippen LogP contribution in [-0.4, -0.2) is 24.2 Å². The lowest BCUT2D eigenvalue weighted by Gasteiger charge is -2.48. The summed E-state index contributed by atoms with van der Waals surface area (Å²) in [6.07, 6.45) is 3.23. The molecule has 0 aromatic carbocycles. The van der Waals surface area contributed by atoms with Crippen LogP contribution in [0.5, 0.6) is 5.75 Å². The van der Waals surface area contributed by atoms with Gasteiger partial charge in [-0.15, -0.1) is 12.4 Å². The number of nitrogens with zero attached hydrogens (tertiary/aromatic N) is 2. The van der Waals surface area contributed by atoms with Crippen LogP contribution in [0.3, 0.4) is 0 Å². The summed E-state index contributed by atoms with van der Waals surface area (Å²) in [7, 11) is 0. The third-order valence-corrected chi connectivity index (χ3v) is 3.47. The maximum Gasteiger partial charge on any atom is 0.144 e. The number of aromatic nitrogens is 1. The zero-order valence-corrected chi connectivity index (χ0v) is 10.1. The highest BCUT2D eigenvalue weighted by Crippen LogP contribution is 2.39. The SMILES string of the molecule is Cl.N#Cc1cc(OC2[C@@H]3CNC[C@H]2C3)ccn1. The summed E-state index contributed by atoms with van der Waals surface area (Å²) < 4.78 is 5.93. The summed E-state index contributed by atoms with van der Waals surface area (Å²) >= 11 is 0. The number of hydrogen-bond acceptors (Lipinski definition) is 4. The fourth-order valence-corrected chi connectivity index (χ4v) is 2.59. The minimum atomic E-state index is 0. The highest BCUT2D eigenvalue weighted by Gasteiger charge is 2.45. The van der Waals surface area contributed by atoms with Crippen molar-refractivity contribution in [2.45, 2.75) is 12.5 Å². The van der Waals surface area contributed by atoms with E-state index in [1.54, 1.807) is 12.3 Å². The molecule has 0 amide bonds. The van der Waals surface area contributed by atoms with Crippen LogP contribution >= 0.6 is 12.4 Å². The minimum absolute atomic E-state index is 0. The third kappa shape index (κ3) is 2.21. The highest BCUT2D eigenvalue weighted by atomic mass is 35.5. The largest absolute Gasteiger partial charge is 0.490 e.